The zero-order valence-electron chi connectivity index (χ0n) is 12.0. The molecule has 0 saturated heterocycles. The maximum atomic E-state index is 12.9. The number of hydrogen-bond donors (Lipinski definition) is 2. The van der Waals surface area contributed by atoms with Crippen molar-refractivity contribution in [2.75, 3.05) is 10.6 Å². The normalized spacial score (nSPS) is 15.0. The summed E-state index contributed by atoms with van der Waals surface area (Å²) in [6.45, 7) is 0. The monoisotopic (exact) mass is 380 g/mol. The van der Waals surface area contributed by atoms with Crippen LogP contribution in [0.4, 0.5) is 23.0 Å². The molecule has 2 aromatic carbocycles. The van der Waals surface area contributed by atoms with Crippen LogP contribution >= 0.6 is 23.2 Å². The number of nitrogens with one attached hydrogen (secondary N) is 1. The first-order valence-corrected chi connectivity index (χ1v) is 9.07. The van der Waals surface area contributed by atoms with Crippen LogP contribution in [0.15, 0.2) is 52.3 Å². The largest absolute Gasteiger partial charge is 0.383 e. The van der Waals surface area contributed by atoms with Crippen molar-refractivity contribution in [3.63, 3.8) is 0 Å². The Morgan fingerprint density at radius 3 is 2.58 bits per heavy atom. The Morgan fingerprint density at radius 1 is 1.08 bits per heavy atom. The summed E-state index contributed by atoms with van der Waals surface area (Å²) in [6.07, 6.45) is 0. The van der Waals surface area contributed by atoms with Gasteiger partial charge in [0.2, 0.25) is 9.84 Å². The first-order valence-electron chi connectivity index (χ1n) is 6.84. The molecule has 122 valence electrons. The number of rotatable bonds is 1. The molecular formula is C15H10Cl2N4O2S. The minimum absolute atomic E-state index is 0.0253. The quantitative estimate of drug-likeness (QED) is 0.522. The predicted molar refractivity (Wildman–Crippen MR) is 93.2 cm³/mol. The summed E-state index contributed by atoms with van der Waals surface area (Å²) in [7, 11) is -3.84. The molecule has 2 heterocycles. The van der Waals surface area contributed by atoms with Crippen LogP contribution in [0.3, 0.4) is 0 Å². The number of anilines is 4. The third-order valence-corrected chi connectivity index (χ3v) is 6.05. The average molecular weight is 381 g/mol. The van der Waals surface area contributed by atoms with E-state index < -0.39 is 9.84 Å². The number of aromatic amines is 1. The van der Waals surface area contributed by atoms with Gasteiger partial charge in [-0.15, -0.1) is 0 Å². The molecule has 24 heavy (non-hydrogen) atoms. The minimum Gasteiger partial charge on any atom is -0.383 e. The second-order valence-corrected chi connectivity index (χ2v) is 7.95. The highest BCUT2D eigenvalue weighted by Gasteiger charge is 2.39. The lowest BCUT2D eigenvalue weighted by atomic mass is 10.2. The molecule has 0 amide bonds. The van der Waals surface area contributed by atoms with Crippen molar-refractivity contribution in [3.05, 3.63) is 52.5 Å². The Labute approximate surface area is 147 Å². The number of H-pyrrole nitrogens is 1. The molecule has 0 aliphatic carbocycles. The summed E-state index contributed by atoms with van der Waals surface area (Å²) < 4.78 is 25.8. The Balaban J connectivity index is 2.10. The van der Waals surface area contributed by atoms with Gasteiger partial charge >= 0.3 is 0 Å². The molecule has 1 aliphatic rings. The maximum Gasteiger partial charge on any atom is 0.216 e. The van der Waals surface area contributed by atoms with Crippen molar-refractivity contribution in [2.24, 2.45) is 0 Å². The van der Waals surface area contributed by atoms with E-state index in [4.69, 9.17) is 28.9 Å². The van der Waals surface area contributed by atoms with E-state index in [0.29, 0.717) is 21.4 Å². The zero-order valence-corrected chi connectivity index (χ0v) is 14.3. The van der Waals surface area contributed by atoms with Crippen LogP contribution in [0.5, 0.6) is 0 Å². The number of aromatic nitrogens is 2. The topological polar surface area (TPSA) is 92.1 Å². The second-order valence-electron chi connectivity index (χ2n) is 5.22. The lowest BCUT2D eigenvalue weighted by Crippen LogP contribution is -2.22. The molecule has 0 spiro atoms. The molecule has 0 radical (unpaired) electrons. The van der Waals surface area contributed by atoms with Crippen molar-refractivity contribution >= 4 is 56.0 Å². The lowest BCUT2D eigenvalue weighted by molar-refractivity contribution is 0.595. The fourth-order valence-electron chi connectivity index (χ4n) is 2.74. The lowest BCUT2D eigenvalue weighted by Gasteiger charge is -2.30. The summed E-state index contributed by atoms with van der Waals surface area (Å²) in [6, 6.07) is 11.7. The van der Waals surface area contributed by atoms with E-state index in [1.165, 1.54) is 6.07 Å². The highest BCUT2D eigenvalue weighted by molar-refractivity contribution is 7.92. The predicted octanol–water partition coefficient (Wildman–Crippen LogP) is 3.91. The highest BCUT2D eigenvalue weighted by Crippen LogP contribution is 2.49. The first kappa shape index (κ1) is 15.3. The number of hydrogen-bond acceptors (Lipinski definition) is 5. The average Bonchev–Trinajstić information content (AvgIpc) is 2.91. The molecule has 0 unspecified atom stereocenters. The standard InChI is InChI=1S/C15H10Cl2N4O2S/c16-8-2-1-3-10(6-8)21-11-5-4-9(17)7-12(11)24(22,23)13-14(18)19-20-15(13)21/h1-7H,(H3,18,19,20). The molecule has 0 fully saturated rings. The van der Waals surface area contributed by atoms with Gasteiger partial charge in [0.1, 0.15) is 5.82 Å². The van der Waals surface area contributed by atoms with Crippen LogP contribution in [0.2, 0.25) is 10.0 Å². The molecular weight excluding hydrogens is 371 g/mol. The van der Waals surface area contributed by atoms with Gasteiger partial charge in [0.05, 0.1) is 10.6 Å². The molecule has 0 saturated carbocycles. The van der Waals surface area contributed by atoms with Gasteiger partial charge < -0.3 is 5.73 Å². The van der Waals surface area contributed by atoms with E-state index in [-0.39, 0.29) is 21.4 Å². The fourth-order valence-corrected chi connectivity index (χ4v) is 4.81. The van der Waals surface area contributed by atoms with E-state index >= 15 is 0 Å². The van der Waals surface area contributed by atoms with Gasteiger partial charge in [0.15, 0.2) is 10.7 Å². The third kappa shape index (κ3) is 2.09. The molecule has 0 bridgehead atoms. The number of nitrogens with two attached hydrogens (primary N) is 1. The molecule has 0 atom stereocenters. The Hall–Kier alpha value is -2.22. The van der Waals surface area contributed by atoms with Gasteiger partial charge in [-0.1, -0.05) is 29.3 Å². The van der Waals surface area contributed by atoms with Crippen molar-refractivity contribution in [3.8, 4) is 0 Å². The van der Waals surface area contributed by atoms with Crippen LogP contribution in [-0.2, 0) is 9.84 Å². The van der Waals surface area contributed by atoms with E-state index in [0.717, 1.165) is 0 Å². The molecule has 4 rings (SSSR count). The first-order chi connectivity index (χ1) is 11.4. The van der Waals surface area contributed by atoms with Crippen LogP contribution in [0, 0.1) is 0 Å². The van der Waals surface area contributed by atoms with Crippen LogP contribution in [0.1, 0.15) is 0 Å². The summed E-state index contributed by atoms with van der Waals surface area (Å²) in [5.74, 6) is 0.173. The van der Waals surface area contributed by atoms with E-state index in [2.05, 4.69) is 10.2 Å². The number of halogens is 2. The van der Waals surface area contributed by atoms with Crippen molar-refractivity contribution < 1.29 is 8.42 Å². The van der Waals surface area contributed by atoms with Gasteiger partial charge in [-0.05, 0) is 36.4 Å². The number of nitrogen functional groups attached to an aromatic ring is 1. The minimum atomic E-state index is -3.84. The summed E-state index contributed by atoms with van der Waals surface area (Å²) >= 11 is 12.1. The van der Waals surface area contributed by atoms with Crippen molar-refractivity contribution in [1.29, 1.82) is 0 Å². The third-order valence-electron chi connectivity index (χ3n) is 3.73. The molecule has 1 aromatic heterocycles. The maximum absolute atomic E-state index is 12.9. The van der Waals surface area contributed by atoms with Crippen LogP contribution in [-0.4, -0.2) is 18.6 Å². The van der Waals surface area contributed by atoms with Gasteiger partial charge in [-0.25, -0.2) is 8.42 Å². The van der Waals surface area contributed by atoms with Crippen LogP contribution < -0.4 is 10.6 Å². The summed E-state index contributed by atoms with van der Waals surface area (Å²) in [5.41, 5.74) is 6.91. The molecule has 9 heteroatoms. The summed E-state index contributed by atoms with van der Waals surface area (Å²) in [4.78, 5) is 1.67. The van der Waals surface area contributed by atoms with E-state index in [1.807, 2.05) is 0 Å². The smallest absolute Gasteiger partial charge is 0.216 e. The zero-order chi connectivity index (χ0) is 17.1. The van der Waals surface area contributed by atoms with E-state index in [9.17, 15) is 8.42 Å². The highest BCUT2D eigenvalue weighted by atomic mass is 35.5. The second kappa shape index (κ2) is 5.14. The van der Waals surface area contributed by atoms with Gasteiger partial charge in [0, 0.05) is 15.7 Å². The van der Waals surface area contributed by atoms with Gasteiger partial charge in [-0.3, -0.25) is 10.00 Å². The Bertz CT molecular complexity index is 1080. The Morgan fingerprint density at radius 2 is 1.83 bits per heavy atom. The van der Waals surface area contributed by atoms with E-state index in [1.54, 1.807) is 41.3 Å². The van der Waals surface area contributed by atoms with Crippen LogP contribution in [0.25, 0.3) is 0 Å². The number of nitrogens with zero attached hydrogens (tertiary/aromatic N) is 2. The summed E-state index contributed by atoms with van der Waals surface area (Å²) in [5, 5.41) is 7.45. The Kier molecular flexibility index (Phi) is 3.28. The van der Waals surface area contributed by atoms with Crippen molar-refractivity contribution in [2.45, 2.75) is 9.79 Å². The fraction of sp³-hybridized carbons (Fsp3) is 0. The number of benzene rings is 2. The molecule has 3 N–H and O–H groups in total. The molecule has 3 aromatic rings. The molecule has 1 aliphatic heterocycles. The van der Waals surface area contributed by atoms with Gasteiger partial charge in [0.25, 0.3) is 0 Å². The number of fused-ring (bicyclic) bond motifs is 2. The van der Waals surface area contributed by atoms with Crippen molar-refractivity contribution in [1.82, 2.24) is 10.2 Å². The van der Waals surface area contributed by atoms with Gasteiger partial charge in [-0.2, -0.15) is 5.10 Å². The molecule has 6 nitrogen and oxygen atoms in total. The number of sulfone groups is 1. The SMILES string of the molecule is Nc1[nH]nc2c1S(=O)(=O)c1cc(Cl)ccc1N2c1cccc(Cl)c1.